The van der Waals surface area contributed by atoms with Crippen molar-refractivity contribution >= 4 is 27.3 Å². The van der Waals surface area contributed by atoms with Crippen LogP contribution in [-0.2, 0) is 14.8 Å². The molecule has 0 bridgehead atoms. The molecule has 1 N–H and O–H groups in total. The Morgan fingerprint density at radius 3 is 2.56 bits per heavy atom. The number of benzene rings is 1. The summed E-state index contributed by atoms with van der Waals surface area (Å²) in [6.45, 7) is 6.86. The first kappa shape index (κ1) is 20.0. The lowest BCUT2D eigenvalue weighted by Crippen LogP contribution is -2.43. The van der Waals surface area contributed by atoms with E-state index in [0.717, 1.165) is 11.1 Å². The predicted molar refractivity (Wildman–Crippen MR) is 108 cm³/mol. The molecule has 1 amide bonds. The highest BCUT2D eigenvalue weighted by Crippen LogP contribution is 2.27. The molecule has 2 heterocycles. The second kappa shape index (κ2) is 8.12. The summed E-state index contributed by atoms with van der Waals surface area (Å²) in [5, 5.41) is 4.88. The number of hydrogen-bond donors (Lipinski definition) is 1. The molecule has 1 atom stereocenters. The number of nitrogens with one attached hydrogen (secondary N) is 1. The normalized spacial score (nSPS) is 17.6. The van der Waals surface area contributed by atoms with Crippen molar-refractivity contribution in [2.24, 2.45) is 5.92 Å². The predicted octanol–water partition coefficient (Wildman–Crippen LogP) is 3.64. The van der Waals surface area contributed by atoms with Crippen LogP contribution in [0.4, 0.5) is 0 Å². The lowest BCUT2D eigenvalue weighted by Gasteiger charge is -2.31. The third-order valence-corrected chi connectivity index (χ3v) is 8.45. The maximum Gasteiger partial charge on any atom is 0.252 e. The van der Waals surface area contributed by atoms with Crippen molar-refractivity contribution in [1.29, 1.82) is 0 Å². The van der Waals surface area contributed by atoms with Gasteiger partial charge < -0.3 is 5.32 Å². The van der Waals surface area contributed by atoms with Gasteiger partial charge in [0.1, 0.15) is 4.21 Å². The summed E-state index contributed by atoms with van der Waals surface area (Å²) in [6, 6.07) is 9.55. The Labute approximate surface area is 165 Å². The first-order valence-electron chi connectivity index (χ1n) is 9.20. The zero-order valence-corrected chi connectivity index (χ0v) is 17.6. The molecule has 1 saturated heterocycles. The third-order valence-electron chi connectivity index (χ3n) is 5.17. The lowest BCUT2D eigenvalue weighted by atomic mass is 9.95. The van der Waals surface area contributed by atoms with E-state index < -0.39 is 10.0 Å². The van der Waals surface area contributed by atoms with E-state index >= 15 is 0 Å². The molecule has 5 nitrogen and oxygen atoms in total. The van der Waals surface area contributed by atoms with Gasteiger partial charge >= 0.3 is 0 Å². The maximum absolute atomic E-state index is 12.7. The number of amides is 1. The Morgan fingerprint density at radius 2 is 1.93 bits per heavy atom. The second-order valence-electron chi connectivity index (χ2n) is 7.20. The molecule has 0 saturated carbocycles. The molecule has 146 valence electrons. The van der Waals surface area contributed by atoms with E-state index in [1.54, 1.807) is 17.5 Å². The van der Waals surface area contributed by atoms with Crippen molar-refractivity contribution in [2.75, 3.05) is 13.1 Å². The SMILES string of the molecule is Cc1ccc(C)c([C@H](C)NC(=O)C2CCN(S(=O)(=O)c3cccs3)CC2)c1. The Hall–Kier alpha value is -1.70. The van der Waals surface area contributed by atoms with Gasteiger partial charge in [-0.1, -0.05) is 29.8 Å². The molecule has 1 aliphatic heterocycles. The molecular formula is C20H26N2O3S2. The van der Waals surface area contributed by atoms with E-state index in [9.17, 15) is 13.2 Å². The molecule has 0 spiro atoms. The number of thiophene rings is 1. The molecule has 1 fully saturated rings. The van der Waals surface area contributed by atoms with Gasteiger partial charge in [0, 0.05) is 19.0 Å². The van der Waals surface area contributed by atoms with Crippen molar-refractivity contribution in [3.05, 3.63) is 52.4 Å². The van der Waals surface area contributed by atoms with Crippen molar-refractivity contribution in [1.82, 2.24) is 9.62 Å². The van der Waals surface area contributed by atoms with Crippen LogP contribution in [0.5, 0.6) is 0 Å². The standard InChI is InChI=1S/C20H26N2O3S2/c1-14-6-7-15(2)18(13-14)16(3)21-20(23)17-8-10-22(11-9-17)27(24,25)19-5-4-12-26-19/h4-7,12-13,16-17H,8-11H2,1-3H3,(H,21,23)/t16-/m0/s1. The highest BCUT2D eigenvalue weighted by Gasteiger charge is 2.33. The summed E-state index contributed by atoms with van der Waals surface area (Å²) in [4.78, 5) is 12.7. The average Bonchev–Trinajstić information content (AvgIpc) is 3.19. The number of hydrogen-bond acceptors (Lipinski definition) is 4. The zero-order valence-electron chi connectivity index (χ0n) is 15.9. The molecule has 0 radical (unpaired) electrons. The Morgan fingerprint density at radius 1 is 1.22 bits per heavy atom. The Balaban J connectivity index is 1.59. The van der Waals surface area contributed by atoms with E-state index in [4.69, 9.17) is 0 Å². The number of rotatable bonds is 5. The summed E-state index contributed by atoms with van der Waals surface area (Å²) in [5.41, 5.74) is 3.45. The molecule has 27 heavy (non-hydrogen) atoms. The van der Waals surface area contributed by atoms with Crippen LogP contribution in [0.1, 0.15) is 42.5 Å². The van der Waals surface area contributed by atoms with Crippen LogP contribution < -0.4 is 5.32 Å². The van der Waals surface area contributed by atoms with Crippen LogP contribution in [0.15, 0.2) is 39.9 Å². The molecule has 3 rings (SSSR count). The van der Waals surface area contributed by atoms with Crippen molar-refractivity contribution < 1.29 is 13.2 Å². The number of aryl methyl sites for hydroxylation is 2. The van der Waals surface area contributed by atoms with Crippen LogP contribution in [0.25, 0.3) is 0 Å². The quantitative estimate of drug-likeness (QED) is 0.824. The van der Waals surface area contributed by atoms with Gasteiger partial charge in [-0.3, -0.25) is 4.79 Å². The van der Waals surface area contributed by atoms with E-state index in [-0.39, 0.29) is 17.9 Å². The zero-order chi connectivity index (χ0) is 19.6. The van der Waals surface area contributed by atoms with Gasteiger partial charge in [0.25, 0.3) is 10.0 Å². The Kier molecular flexibility index (Phi) is 6.03. The fourth-order valence-corrected chi connectivity index (χ4v) is 6.15. The van der Waals surface area contributed by atoms with Crippen LogP contribution in [0.3, 0.4) is 0 Å². The molecule has 0 aliphatic carbocycles. The van der Waals surface area contributed by atoms with E-state index in [1.165, 1.54) is 21.2 Å². The van der Waals surface area contributed by atoms with E-state index in [2.05, 4.69) is 23.5 Å². The highest BCUT2D eigenvalue weighted by molar-refractivity contribution is 7.91. The monoisotopic (exact) mass is 406 g/mol. The van der Waals surface area contributed by atoms with Crippen molar-refractivity contribution in [3.63, 3.8) is 0 Å². The number of sulfonamides is 1. The summed E-state index contributed by atoms with van der Waals surface area (Å²) >= 11 is 1.23. The van der Waals surface area contributed by atoms with Crippen LogP contribution >= 0.6 is 11.3 Å². The fourth-order valence-electron chi connectivity index (χ4n) is 3.53. The summed E-state index contributed by atoms with van der Waals surface area (Å²) < 4.78 is 27.1. The van der Waals surface area contributed by atoms with Gasteiger partial charge in [-0.15, -0.1) is 11.3 Å². The van der Waals surface area contributed by atoms with Crippen molar-refractivity contribution in [2.45, 2.75) is 43.9 Å². The topological polar surface area (TPSA) is 66.5 Å². The van der Waals surface area contributed by atoms with Gasteiger partial charge in [-0.25, -0.2) is 8.42 Å². The largest absolute Gasteiger partial charge is 0.349 e. The first-order valence-corrected chi connectivity index (χ1v) is 11.5. The smallest absolute Gasteiger partial charge is 0.252 e. The minimum Gasteiger partial charge on any atom is -0.349 e. The molecular weight excluding hydrogens is 380 g/mol. The molecule has 1 aromatic heterocycles. The van der Waals surface area contributed by atoms with Crippen LogP contribution in [0, 0.1) is 19.8 Å². The van der Waals surface area contributed by atoms with Crippen LogP contribution in [0.2, 0.25) is 0 Å². The van der Waals surface area contributed by atoms with E-state index in [0.29, 0.717) is 30.1 Å². The highest BCUT2D eigenvalue weighted by atomic mass is 32.2. The molecule has 0 unspecified atom stereocenters. The average molecular weight is 407 g/mol. The fraction of sp³-hybridized carbons (Fsp3) is 0.450. The molecule has 1 aromatic carbocycles. The molecule has 2 aromatic rings. The Bertz CT molecular complexity index is 899. The van der Waals surface area contributed by atoms with Crippen molar-refractivity contribution in [3.8, 4) is 0 Å². The number of carbonyl (C=O) groups is 1. The summed E-state index contributed by atoms with van der Waals surface area (Å²) in [7, 11) is -3.42. The summed E-state index contributed by atoms with van der Waals surface area (Å²) in [5.74, 6) is -0.135. The number of piperidine rings is 1. The minimum atomic E-state index is -3.42. The van der Waals surface area contributed by atoms with Gasteiger partial charge in [-0.2, -0.15) is 4.31 Å². The van der Waals surface area contributed by atoms with Gasteiger partial charge in [0.15, 0.2) is 0 Å². The van der Waals surface area contributed by atoms with Gasteiger partial charge in [-0.05, 0) is 56.2 Å². The summed E-state index contributed by atoms with van der Waals surface area (Å²) in [6.07, 6.45) is 1.10. The van der Waals surface area contributed by atoms with Gasteiger partial charge in [0.05, 0.1) is 6.04 Å². The third kappa shape index (κ3) is 4.42. The number of carbonyl (C=O) groups excluding carboxylic acids is 1. The second-order valence-corrected chi connectivity index (χ2v) is 10.3. The van der Waals surface area contributed by atoms with E-state index in [1.807, 2.05) is 20.8 Å². The lowest BCUT2D eigenvalue weighted by molar-refractivity contribution is -0.126. The minimum absolute atomic E-state index is 0.0107. The molecule has 7 heteroatoms. The van der Waals surface area contributed by atoms with Gasteiger partial charge in [0.2, 0.25) is 5.91 Å². The number of nitrogens with zero attached hydrogens (tertiary/aromatic N) is 1. The molecule has 1 aliphatic rings. The first-order chi connectivity index (χ1) is 12.8. The van der Waals surface area contributed by atoms with Crippen LogP contribution in [-0.4, -0.2) is 31.7 Å². The maximum atomic E-state index is 12.7.